The summed E-state index contributed by atoms with van der Waals surface area (Å²) in [7, 11) is 0. The maximum Gasteiger partial charge on any atom is 0.0705 e. The lowest BCUT2D eigenvalue weighted by Crippen LogP contribution is -2.41. The Morgan fingerprint density at radius 1 is 0.714 bits per heavy atom. The monoisotopic (exact) mass is 380 g/mol. The number of rotatable bonds is 5. The van der Waals surface area contributed by atoms with E-state index in [4.69, 9.17) is 4.98 Å². The van der Waals surface area contributed by atoms with E-state index >= 15 is 0 Å². The zero-order valence-electron chi connectivity index (χ0n) is 18.0. The predicted molar refractivity (Wildman–Crippen MR) is 118 cm³/mol. The normalized spacial score (nSPS) is 18.2. The molecule has 4 heteroatoms. The molecular weight excluding hydrogens is 344 g/mol. The van der Waals surface area contributed by atoms with Crippen molar-refractivity contribution < 1.29 is 0 Å². The Labute approximate surface area is 171 Å². The lowest BCUT2D eigenvalue weighted by Gasteiger charge is -2.30. The van der Waals surface area contributed by atoms with Gasteiger partial charge in [-0.2, -0.15) is 0 Å². The van der Waals surface area contributed by atoms with Crippen LogP contribution in [0.3, 0.4) is 0 Å². The molecule has 0 radical (unpaired) electrons. The SMILES string of the molecule is CC(C)N1CCN(Cc2cccc(-c3ccccc3)n2)CCN(C(C)C)CC1. The van der Waals surface area contributed by atoms with Gasteiger partial charge in [0.25, 0.3) is 0 Å². The molecule has 2 aromatic rings. The molecule has 1 aliphatic heterocycles. The zero-order chi connectivity index (χ0) is 19.9. The second-order valence-corrected chi connectivity index (χ2v) is 8.42. The van der Waals surface area contributed by atoms with Crippen LogP contribution in [0.1, 0.15) is 33.4 Å². The second kappa shape index (κ2) is 10.1. The number of nitrogens with zero attached hydrogens (tertiary/aromatic N) is 4. The largest absolute Gasteiger partial charge is 0.298 e. The quantitative estimate of drug-likeness (QED) is 0.782. The van der Waals surface area contributed by atoms with Crippen LogP contribution < -0.4 is 0 Å². The van der Waals surface area contributed by atoms with Gasteiger partial charge >= 0.3 is 0 Å². The van der Waals surface area contributed by atoms with Gasteiger partial charge in [-0.05, 0) is 39.8 Å². The summed E-state index contributed by atoms with van der Waals surface area (Å²) in [5.74, 6) is 0. The summed E-state index contributed by atoms with van der Waals surface area (Å²) < 4.78 is 0. The van der Waals surface area contributed by atoms with Gasteiger partial charge in [0, 0.05) is 63.5 Å². The molecule has 0 spiro atoms. The molecule has 0 atom stereocenters. The smallest absolute Gasteiger partial charge is 0.0705 e. The summed E-state index contributed by atoms with van der Waals surface area (Å²) in [5, 5.41) is 0. The third-order valence-electron chi connectivity index (χ3n) is 5.80. The Morgan fingerprint density at radius 2 is 1.29 bits per heavy atom. The molecule has 28 heavy (non-hydrogen) atoms. The number of pyridine rings is 1. The lowest BCUT2D eigenvalue weighted by atomic mass is 10.1. The van der Waals surface area contributed by atoms with Gasteiger partial charge in [-0.3, -0.25) is 19.7 Å². The summed E-state index contributed by atoms with van der Waals surface area (Å²) in [4.78, 5) is 12.8. The number of aromatic nitrogens is 1. The fraction of sp³-hybridized carbons (Fsp3) is 0.542. The van der Waals surface area contributed by atoms with Crippen LogP contribution in [0.25, 0.3) is 11.3 Å². The number of hydrogen-bond donors (Lipinski definition) is 0. The minimum Gasteiger partial charge on any atom is -0.298 e. The standard InChI is InChI=1S/C24H36N4/c1-20(2)27-15-13-26(14-16-28(18-17-27)21(3)4)19-23-11-8-12-24(25-23)22-9-6-5-7-10-22/h5-12,20-21H,13-19H2,1-4H3. The molecule has 0 aliphatic carbocycles. The van der Waals surface area contributed by atoms with E-state index in [9.17, 15) is 0 Å². The number of hydrogen-bond acceptors (Lipinski definition) is 4. The first kappa shape index (κ1) is 21.0. The summed E-state index contributed by atoms with van der Waals surface area (Å²) in [6.07, 6.45) is 0. The Bertz CT molecular complexity index is 694. The molecule has 152 valence electrons. The molecule has 0 saturated carbocycles. The van der Waals surface area contributed by atoms with Crippen LogP contribution >= 0.6 is 0 Å². The van der Waals surface area contributed by atoms with Gasteiger partial charge in [-0.15, -0.1) is 0 Å². The van der Waals surface area contributed by atoms with Crippen molar-refractivity contribution in [2.45, 2.75) is 46.3 Å². The van der Waals surface area contributed by atoms with Crippen LogP contribution in [0.2, 0.25) is 0 Å². The van der Waals surface area contributed by atoms with Crippen molar-refractivity contribution in [1.29, 1.82) is 0 Å². The van der Waals surface area contributed by atoms with Crippen LogP contribution in [0.4, 0.5) is 0 Å². The van der Waals surface area contributed by atoms with Crippen molar-refractivity contribution >= 4 is 0 Å². The molecule has 0 bridgehead atoms. The Hall–Kier alpha value is -1.75. The minimum absolute atomic E-state index is 0.591. The van der Waals surface area contributed by atoms with Crippen molar-refractivity contribution in [3.63, 3.8) is 0 Å². The molecule has 0 unspecified atom stereocenters. The molecule has 1 aliphatic rings. The average Bonchev–Trinajstić information content (AvgIpc) is 2.80. The van der Waals surface area contributed by atoms with Crippen LogP contribution in [-0.4, -0.2) is 71.0 Å². The molecule has 0 N–H and O–H groups in total. The van der Waals surface area contributed by atoms with Crippen LogP contribution in [0.5, 0.6) is 0 Å². The van der Waals surface area contributed by atoms with Gasteiger partial charge in [-0.25, -0.2) is 0 Å². The predicted octanol–water partition coefficient (Wildman–Crippen LogP) is 3.99. The van der Waals surface area contributed by atoms with E-state index in [1.165, 1.54) is 5.56 Å². The van der Waals surface area contributed by atoms with Gasteiger partial charge in [-0.1, -0.05) is 36.4 Å². The van der Waals surface area contributed by atoms with Crippen LogP contribution in [-0.2, 0) is 6.54 Å². The maximum atomic E-state index is 4.95. The average molecular weight is 381 g/mol. The van der Waals surface area contributed by atoms with E-state index in [-0.39, 0.29) is 0 Å². The lowest BCUT2D eigenvalue weighted by molar-refractivity contribution is 0.169. The topological polar surface area (TPSA) is 22.6 Å². The van der Waals surface area contributed by atoms with E-state index in [2.05, 4.69) is 90.9 Å². The molecule has 1 fully saturated rings. The zero-order valence-corrected chi connectivity index (χ0v) is 18.0. The highest BCUT2D eigenvalue weighted by Gasteiger charge is 2.19. The van der Waals surface area contributed by atoms with Crippen LogP contribution in [0, 0.1) is 0 Å². The Morgan fingerprint density at radius 3 is 1.86 bits per heavy atom. The van der Waals surface area contributed by atoms with Crippen molar-refractivity contribution in [2.24, 2.45) is 0 Å². The van der Waals surface area contributed by atoms with Crippen LogP contribution in [0.15, 0.2) is 48.5 Å². The molecule has 3 rings (SSSR count). The Kier molecular flexibility index (Phi) is 7.60. The maximum absolute atomic E-state index is 4.95. The van der Waals surface area contributed by atoms with Gasteiger partial charge < -0.3 is 0 Å². The highest BCUT2D eigenvalue weighted by molar-refractivity contribution is 5.58. The first-order chi connectivity index (χ1) is 13.5. The molecule has 1 aromatic heterocycles. The second-order valence-electron chi connectivity index (χ2n) is 8.42. The first-order valence-electron chi connectivity index (χ1n) is 10.7. The minimum atomic E-state index is 0.591. The van der Waals surface area contributed by atoms with Crippen molar-refractivity contribution in [1.82, 2.24) is 19.7 Å². The van der Waals surface area contributed by atoms with E-state index in [1.807, 2.05) is 0 Å². The molecule has 1 saturated heterocycles. The summed E-state index contributed by atoms with van der Waals surface area (Å²) >= 11 is 0. The molecule has 0 amide bonds. The van der Waals surface area contributed by atoms with Crippen molar-refractivity contribution in [2.75, 3.05) is 39.3 Å². The molecular formula is C24H36N4. The third kappa shape index (κ3) is 5.87. The molecule has 1 aromatic carbocycles. The van der Waals surface area contributed by atoms with Gasteiger partial charge in [0.1, 0.15) is 0 Å². The Balaban J connectivity index is 1.72. The van der Waals surface area contributed by atoms with Crippen molar-refractivity contribution in [3.8, 4) is 11.3 Å². The number of benzene rings is 1. The highest BCUT2D eigenvalue weighted by atomic mass is 15.3. The molecule has 2 heterocycles. The van der Waals surface area contributed by atoms with Gasteiger partial charge in [0.15, 0.2) is 0 Å². The fourth-order valence-corrected chi connectivity index (χ4v) is 3.89. The van der Waals surface area contributed by atoms with Crippen molar-refractivity contribution in [3.05, 3.63) is 54.2 Å². The van der Waals surface area contributed by atoms with E-state index in [1.54, 1.807) is 0 Å². The first-order valence-corrected chi connectivity index (χ1v) is 10.7. The van der Waals surface area contributed by atoms with E-state index < -0.39 is 0 Å². The third-order valence-corrected chi connectivity index (χ3v) is 5.80. The van der Waals surface area contributed by atoms with E-state index in [0.29, 0.717) is 12.1 Å². The highest BCUT2D eigenvalue weighted by Crippen LogP contribution is 2.17. The fourth-order valence-electron chi connectivity index (χ4n) is 3.89. The van der Waals surface area contributed by atoms with E-state index in [0.717, 1.165) is 57.2 Å². The summed E-state index contributed by atoms with van der Waals surface area (Å²) in [6, 6.07) is 18.1. The summed E-state index contributed by atoms with van der Waals surface area (Å²) in [5.41, 5.74) is 3.41. The van der Waals surface area contributed by atoms with Gasteiger partial charge in [0.05, 0.1) is 11.4 Å². The molecule has 4 nitrogen and oxygen atoms in total. The summed E-state index contributed by atoms with van der Waals surface area (Å²) in [6.45, 7) is 16.9. The van der Waals surface area contributed by atoms with Gasteiger partial charge in [0.2, 0.25) is 0 Å².